The fourth-order valence-electron chi connectivity index (χ4n) is 1.74. The zero-order valence-electron chi connectivity index (χ0n) is 9.86. The standard InChI is InChI=1S/C11H10F3N3O2/c1-19-16-9(18)6-17-8-5-3-2-4-7(8)15-10(17)11(12,13)14/h2-5H,6H2,1H3,(H,16,18). The van der Waals surface area contributed by atoms with Gasteiger partial charge < -0.3 is 4.57 Å². The van der Waals surface area contributed by atoms with E-state index in [0.29, 0.717) is 0 Å². The van der Waals surface area contributed by atoms with E-state index in [1.807, 2.05) is 5.48 Å². The molecule has 1 aromatic heterocycles. The summed E-state index contributed by atoms with van der Waals surface area (Å²) in [5.41, 5.74) is 2.39. The van der Waals surface area contributed by atoms with E-state index in [9.17, 15) is 18.0 Å². The summed E-state index contributed by atoms with van der Waals surface area (Å²) in [7, 11) is 1.20. The van der Waals surface area contributed by atoms with E-state index >= 15 is 0 Å². The summed E-state index contributed by atoms with van der Waals surface area (Å²) in [6, 6.07) is 6.08. The SMILES string of the molecule is CONC(=O)Cn1c(C(F)(F)F)nc2ccccc21. The number of hydrogen-bond donors (Lipinski definition) is 1. The highest BCUT2D eigenvalue weighted by Gasteiger charge is 2.37. The van der Waals surface area contributed by atoms with Crippen LogP contribution in [-0.2, 0) is 22.4 Å². The van der Waals surface area contributed by atoms with Crippen LogP contribution in [0.4, 0.5) is 13.2 Å². The average molecular weight is 273 g/mol. The minimum absolute atomic E-state index is 0.181. The van der Waals surface area contributed by atoms with Crippen LogP contribution >= 0.6 is 0 Å². The largest absolute Gasteiger partial charge is 0.449 e. The maximum absolute atomic E-state index is 12.9. The highest BCUT2D eigenvalue weighted by atomic mass is 19.4. The number of carbonyl (C=O) groups excluding carboxylic acids is 1. The molecule has 0 radical (unpaired) electrons. The molecular weight excluding hydrogens is 263 g/mol. The van der Waals surface area contributed by atoms with Crippen LogP contribution in [0.2, 0.25) is 0 Å². The molecule has 0 aliphatic heterocycles. The van der Waals surface area contributed by atoms with Gasteiger partial charge in [0.15, 0.2) is 0 Å². The molecule has 1 aromatic carbocycles. The van der Waals surface area contributed by atoms with Crippen LogP contribution in [0.15, 0.2) is 24.3 Å². The van der Waals surface area contributed by atoms with Crippen molar-refractivity contribution < 1.29 is 22.8 Å². The third-order valence-electron chi connectivity index (χ3n) is 2.43. The summed E-state index contributed by atoms with van der Waals surface area (Å²) in [6.45, 7) is -0.525. The maximum atomic E-state index is 12.9. The number of amides is 1. The van der Waals surface area contributed by atoms with E-state index < -0.39 is 24.5 Å². The Labute approximate surface area is 105 Å². The van der Waals surface area contributed by atoms with E-state index in [2.05, 4.69) is 9.82 Å². The van der Waals surface area contributed by atoms with E-state index in [4.69, 9.17) is 0 Å². The van der Waals surface area contributed by atoms with Crippen molar-refractivity contribution in [2.75, 3.05) is 7.11 Å². The first-order valence-corrected chi connectivity index (χ1v) is 5.28. The first-order chi connectivity index (χ1) is 8.93. The van der Waals surface area contributed by atoms with Crippen molar-refractivity contribution in [1.29, 1.82) is 0 Å². The lowest BCUT2D eigenvalue weighted by molar-refractivity contribution is -0.148. The Morgan fingerprint density at radius 1 is 1.42 bits per heavy atom. The van der Waals surface area contributed by atoms with Crippen molar-refractivity contribution in [3.63, 3.8) is 0 Å². The molecule has 8 heteroatoms. The van der Waals surface area contributed by atoms with Crippen LogP contribution < -0.4 is 5.48 Å². The summed E-state index contributed by atoms with van der Waals surface area (Å²) < 4.78 is 39.4. The predicted octanol–water partition coefficient (Wildman–Crippen LogP) is 1.73. The summed E-state index contributed by atoms with van der Waals surface area (Å²) in [4.78, 5) is 19.3. The van der Waals surface area contributed by atoms with Crippen LogP contribution in [0.5, 0.6) is 0 Å². The Bertz CT molecular complexity index is 607. The Morgan fingerprint density at radius 2 is 2.11 bits per heavy atom. The molecule has 0 bridgehead atoms. The molecule has 1 amide bonds. The Hall–Kier alpha value is -2.09. The van der Waals surface area contributed by atoms with Gasteiger partial charge in [-0.05, 0) is 12.1 Å². The quantitative estimate of drug-likeness (QED) is 0.866. The molecule has 19 heavy (non-hydrogen) atoms. The van der Waals surface area contributed by atoms with Crippen LogP contribution in [0.3, 0.4) is 0 Å². The minimum Gasteiger partial charge on any atom is -0.311 e. The molecule has 1 heterocycles. The monoisotopic (exact) mass is 273 g/mol. The molecule has 2 rings (SSSR count). The van der Waals surface area contributed by atoms with Crippen LogP contribution in [0.1, 0.15) is 5.82 Å². The van der Waals surface area contributed by atoms with E-state index in [-0.39, 0.29) is 11.0 Å². The number of carbonyl (C=O) groups is 1. The number of rotatable bonds is 3. The topological polar surface area (TPSA) is 56.1 Å². The second kappa shape index (κ2) is 4.88. The lowest BCUT2D eigenvalue weighted by Gasteiger charge is -2.10. The number of nitrogens with one attached hydrogen (secondary N) is 1. The first kappa shape index (κ1) is 13.3. The van der Waals surface area contributed by atoms with Gasteiger partial charge >= 0.3 is 6.18 Å². The molecule has 2 aromatic rings. The molecule has 0 saturated carbocycles. The number of imidazole rings is 1. The van der Waals surface area contributed by atoms with Gasteiger partial charge in [-0.25, -0.2) is 10.5 Å². The predicted molar refractivity (Wildman–Crippen MR) is 59.9 cm³/mol. The first-order valence-electron chi connectivity index (χ1n) is 5.28. The lowest BCUT2D eigenvalue weighted by atomic mass is 10.3. The summed E-state index contributed by atoms with van der Waals surface area (Å²) in [5.74, 6) is -1.81. The molecule has 0 aliphatic carbocycles. The number of alkyl halides is 3. The van der Waals surface area contributed by atoms with E-state index in [0.717, 1.165) is 4.57 Å². The number of fused-ring (bicyclic) bond motifs is 1. The van der Waals surface area contributed by atoms with Gasteiger partial charge in [-0.2, -0.15) is 13.2 Å². The van der Waals surface area contributed by atoms with Crippen molar-refractivity contribution in [3.05, 3.63) is 30.1 Å². The number of hydroxylamine groups is 1. The van der Waals surface area contributed by atoms with Crippen molar-refractivity contribution in [3.8, 4) is 0 Å². The zero-order chi connectivity index (χ0) is 14.0. The van der Waals surface area contributed by atoms with E-state index in [1.165, 1.54) is 19.2 Å². The van der Waals surface area contributed by atoms with Crippen LogP contribution in [0.25, 0.3) is 11.0 Å². The van der Waals surface area contributed by atoms with Crippen LogP contribution in [0, 0.1) is 0 Å². The Kier molecular flexibility index (Phi) is 3.43. The van der Waals surface area contributed by atoms with Gasteiger partial charge in [0.2, 0.25) is 5.82 Å². The highest BCUT2D eigenvalue weighted by molar-refractivity contribution is 5.80. The Morgan fingerprint density at radius 3 is 2.74 bits per heavy atom. The van der Waals surface area contributed by atoms with Gasteiger partial charge in [0, 0.05) is 0 Å². The smallest absolute Gasteiger partial charge is 0.311 e. The second-order valence-electron chi connectivity index (χ2n) is 3.74. The second-order valence-corrected chi connectivity index (χ2v) is 3.74. The fourth-order valence-corrected chi connectivity index (χ4v) is 1.74. The average Bonchev–Trinajstić information content (AvgIpc) is 2.69. The van der Waals surface area contributed by atoms with Crippen molar-refractivity contribution >= 4 is 16.9 Å². The molecule has 1 N–H and O–H groups in total. The lowest BCUT2D eigenvalue weighted by Crippen LogP contribution is -2.28. The Balaban J connectivity index is 2.52. The fraction of sp³-hybridized carbons (Fsp3) is 0.273. The molecule has 0 unspecified atom stereocenters. The molecule has 0 aliphatic rings. The van der Waals surface area contributed by atoms with E-state index in [1.54, 1.807) is 12.1 Å². The van der Waals surface area contributed by atoms with Crippen molar-refractivity contribution in [2.45, 2.75) is 12.7 Å². The molecule has 102 valence electrons. The summed E-state index contributed by atoms with van der Waals surface area (Å²) in [5, 5.41) is 0. The van der Waals surface area contributed by atoms with Crippen molar-refractivity contribution in [2.24, 2.45) is 0 Å². The summed E-state index contributed by atoms with van der Waals surface area (Å²) in [6.07, 6.45) is -4.63. The highest BCUT2D eigenvalue weighted by Crippen LogP contribution is 2.31. The number of benzene rings is 1. The normalized spacial score (nSPS) is 11.8. The number of nitrogens with zero attached hydrogens (tertiary/aromatic N) is 2. The van der Waals surface area contributed by atoms with Gasteiger partial charge in [0.25, 0.3) is 5.91 Å². The number of aromatic nitrogens is 2. The summed E-state index contributed by atoms with van der Waals surface area (Å²) >= 11 is 0. The molecule has 0 fully saturated rings. The van der Waals surface area contributed by atoms with Crippen LogP contribution in [-0.4, -0.2) is 22.6 Å². The number of hydrogen-bond acceptors (Lipinski definition) is 3. The van der Waals surface area contributed by atoms with Gasteiger partial charge in [-0.3, -0.25) is 9.63 Å². The molecule has 5 nitrogen and oxygen atoms in total. The van der Waals surface area contributed by atoms with Crippen molar-refractivity contribution in [1.82, 2.24) is 15.0 Å². The molecule has 0 atom stereocenters. The zero-order valence-corrected chi connectivity index (χ0v) is 9.86. The molecular formula is C11H10F3N3O2. The minimum atomic E-state index is -4.63. The van der Waals surface area contributed by atoms with Gasteiger partial charge in [-0.1, -0.05) is 12.1 Å². The molecule has 0 saturated heterocycles. The third kappa shape index (κ3) is 2.68. The third-order valence-corrected chi connectivity index (χ3v) is 2.43. The number of halogens is 3. The maximum Gasteiger partial charge on any atom is 0.449 e. The van der Waals surface area contributed by atoms with Gasteiger partial charge in [-0.15, -0.1) is 0 Å². The van der Waals surface area contributed by atoms with Gasteiger partial charge in [0.1, 0.15) is 6.54 Å². The van der Waals surface area contributed by atoms with Gasteiger partial charge in [0.05, 0.1) is 18.1 Å². The number of para-hydroxylation sites is 2. The molecule has 0 spiro atoms.